The predicted octanol–water partition coefficient (Wildman–Crippen LogP) is 3.84. The largest absolute Gasteiger partial charge is 0.477 e. The van der Waals surface area contributed by atoms with E-state index in [4.69, 9.17) is 5.11 Å². The van der Waals surface area contributed by atoms with Gasteiger partial charge in [0.2, 0.25) is 0 Å². The SMILES string of the molecule is C[C@H]1CCc2cc3cc(-c4ncc(C(=O)O)s4)cc(C#N)c3n21. The Morgan fingerprint density at radius 1 is 1.48 bits per heavy atom. The molecule has 0 radical (unpaired) electrons. The highest BCUT2D eigenvalue weighted by Crippen LogP contribution is 2.37. The molecule has 0 bridgehead atoms. The molecule has 5 nitrogen and oxygen atoms in total. The molecular formula is C17H13N3O2S. The van der Waals surface area contributed by atoms with Crippen LogP contribution < -0.4 is 0 Å². The van der Waals surface area contributed by atoms with E-state index in [2.05, 4.69) is 28.6 Å². The molecule has 3 aromatic rings. The first-order chi connectivity index (χ1) is 11.1. The Kier molecular flexibility index (Phi) is 3.00. The van der Waals surface area contributed by atoms with Crippen molar-refractivity contribution in [1.82, 2.24) is 9.55 Å². The Morgan fingerprint density at radius 2 is 2.30 bits per heavy atom. The van der Waals surface area contributed by atoms with Crippen molar-refractivity contribution in [1.29, 1.82) is 5.26 Å². The van der Waals surface area contributed by atoms with Crippen LogP contribution in [0.3, 0.4) is 0 Å². The van der Waals surface area contributed by atoms with Crippen molar-refractivity contribution in [3.05, 3.63) is 40.5 Å². The zero-order valence-electron chi connectivity index (χ0n) is 12.4. The molecule has 2 aromatic heterocycles. The van der Waals surface area contributed by atoms with E-state index in [0.717, 1.165) is 40.6 Å². The number of benzene rings is 1. The van der Waals surface area contributed by atoms with Crippen LogP contribution in [0.4, 0.5) is 0 Å². The van der Waals surface area contributed by atoms with Gasteiger partial charge >= 0.3 is 5.97 Å². The third-order valence-electron chi connectivity index (χ3n) is 4.35. The average molecular weight is 323 g/mol. The van der Waals surface area contributed by atoms with Crippen LogP contribution in [0.15, 0.2) is 24.4 Å². The molecule has 3 heterocycles. The summed E-state index contributed by atoms with van der Waals surface area (Å²) in [5, 5.41) is 20.2. The molecular weight excluding hydrogens is 310 g/mol. The molecule has 1 aromatic carbocycles. The van der Waals surface area contributed by atoms with Gasteiger partial charge in [-0.05, 0) is 38.0 Å². The van der Waals surface area contributed by atoms with Crippen molar-refractivity contribution in [3.63, 3.8) is 0 Å². The monoisotopic (exact) mass is 323 g/mol. The van der Waals surface area contributed by atoms with E-state index in [1.807, 2.05) is 12.1 Å². The van der Waals surface area contributed by atoms with Gasteiger partial charge in [0.25, 0.3) is 0 Å². The first-order valence-electron chi connectivity index (χ1n) is 7.36. The lowest BCUT2D eigenvalue weighted by atomic mass is 10.1. The van der Waals surface area contributed by atoms with Crippen LogP contribution >= 0.6 is 11.3 Å². The third-order valence-corrected chi connectivity index (χ3v) is 5.39. The third kappa shape index (κ3) is 2.05. The molecule has 4 rings (SSSR count). The number of nitrogens with zero attached hydrogens (tertiary/aromatic N) is 3. The molecule has 0 unspecified atom stereocenters. The van der Waals surface area contributed by atoms with E-state index < -0.39 is 5.97 Å². The molecule has 114 valence electrons. The number of aromatic carboxylic acids is 1. The highest BCUT2D eigenvalue weighted by atomic mass is 32.1. The number of rotatable bonds is 2. The number of hydrogen-bond acceptors (Lipinski definition) is 4. The van der Waals surface area contributed by atoms with Gasteiger partial charge in [-0.1, -0.05) is 0 Å². The van der Waals surface area contributed by atoms with Gasteiger partial charge in [-0.3, -0.25) is 0 Å². The first-order valence-corrected chi connectivity index (χ1v) is 8.17. The molecule has 0 aliphatic carbocycles. The number of aryl methyl sites for hydroxylation is 1. The van der Waals surface area contributed by atoms with Gasteiger partial charge < -0.3 is 9.67 Å². The van der Waals surface area contributed by atoms with Crippen LogP contribution in [-0.4, -0.2) is 20.6 Å². The minimum Gasteiger partial charge on any atom is -0.477 e. The standard InChI is InChI=1S/C17H13N3O2S/c1-9-2-3-13-6-10-4-11(5-12(7-18)15(10)20(9)13)16-19-8-14(23-16)17(21)22/h4-6,8-9H,2-3H2,1H3,(H,21,22)/t9-/m0/s1. The number of thiazole rings is 1. The highest BCUT2D eigenvalue weighted by molar-refractivity contribution is 7.16. The maximum atomic E-state index is 11.0. The molecule has 1 aliphatic rings. The smallest absolute Gasteiger partial charge is 0.347 e. The van der Waals surface area contributed by atoms with E-state index >= 15 is 0 Å². The van der Waals surface area contributed by atoms with Crippen LogP contribution in [0.25, 0.3) is 21.5 Å². The van der Waals surface area contributed by atoms with Gasteiger partial charge in [-0.2, -0.15) is 5.26 Å². The normalized spacial score (nSPS) is 16.4. The number of carboxylic acid groups (broad SMARTS) is 1. The number of hydrogen-bond donors (Lipinski definition) is 1. The van der Waals surface area contributed by atoms with E-state index in [-0.39, 0.29) is 4.88 Å². The molecule has 1 aliphatic heterocycles. The lowest BCUT2D eigenvalue weighted by Gasteiger charge is -2.10. The van der Waals surface area contributed by atoms with Crippen molar-refractivity contribution in [3.8, 4) is 16.6 Å². The van der Waals surface area contributed by atoms with Crippen molar-refractivity contribution < 1.29 is 9.90 Å². The van der Waals surface area contributed by atoms with Crippen LogP contribution in [0.2, 0.25) is 0 Å². The minimum atomic E-state index is -0.980. The van der Waals surface area contributed by atoms with Gasteiger partial charge in [0.1, 0.15) is 16.0 Å². The first kappa shape index (κ1) is 14.0. The van der Waals surface area contributed by atoms with Crippen LogP contribution in [0, 0.1) is 11.3 Å². The van der Waals surface area contributed by atoms with Crippen molar-refractivity contribution in [2.75, 3.05) is 0 Å². The van der Waals surface area contributed by atoms with Crippen LogP contribution in [0.1, 0.15) is 40.3 Å². The number of carboxylic acids is 1. The molecule has 23 heavy (non-hydrogen) atoms. The van der Waals surface area contributed by atoms with Crippen LogP contribution in [0.5, 0.6) is 0 Å². The Bertz CT molecular complexity index is 993. The summed E-state index contributed by atoms with van der Waals surface area (Å²) < 4.78 is 2.25. The second kappa shape index (κ2) is 4.93. The van der Waals surface area contributed by atoms with Crippen LogP contribution in [-0.2, 0) is 6.42 Å². The molecule has 0 spiro atoms. The minimum absolute atomic E-state index is 0.201. The summed E-state index contributed by atoms with van der Waals surface area (Å²) in [6.45, 7) is 2.17. The second-order valence-corrected chi connectivity index (χ2v) is 6.83. The molecule has 0 fully saturated rings. The fraction of sp³-hybridized carbons (Fsp3) is 0.235. The summed E-state index contributed by atoms with van der Waals surface area (Å²) in [5.74, 6) is -0.980. The molecule has 0 saturated heterocycles. The Labute approximate surface area is 136 Å². The molecule has 6 heteroatoms. The number of carbonyl (C=O) groups is 1. The highest BCUT2D eigenvalue weighted by Gasteiger charge is 2.23. The maximum Gasteiger partial charge on any atom is 0.347 e. The Balaban J connectivity index is 1.93. The lowest BCUT2D eigenvalue weighted by Crippen LogP contribution is -1.99. The Morgan fingerprint density at radius 3 is 3.00 bits per heavy atom. The van der Waals surface area contributed by atoms with E-state index in [1.54, 1.807) is 0 Å². The zero-order valence-corrected chi connectivity index (χ0v) is 13.2. The van der Waals surface area contributed by atoms with Crippen molar-refractivity contribution in [2.45, 2.75) is 25.8 Å². The van der Waals surface area contributed by atoms with Gasteiger partial charge in [0.05, 0.1) is 17.3 Å². The number of nitriles is 1. The van der Waals surface area contributed by atoms with E-state index in [1.165, 1.54) is 11.9 Å². The van der Waals surface area contributed by atoms with Gasteiger partial charge in [-0.25, -0.2) is 9.78 Å². The molecule has 0 amide bonds. The summed E-state index contributed by atoms with van der Waals surface area (Å²) in [7, 11) is 0. The predicted molar refractivity (Wildman–Crippen MR) is 87.8 cm³/mol. The molecule has 1 atom stereocenters. The van der Waals surface area contributed by atoms with E-state index in [0.29, 0.717) is 16.6 Å². The Hall–Kier alpha value is -2.65. The summed E-state index contributed by atoms with van der Waals surface area (Å²) in [6.07, 6.45) is 3.49. The zero-order chi connectivity index (χ0) is 16.1. The molecule has 1 N–H and O–H groups in total. The lowest BCUT2D eigenvalue weighted by molar-refractivity contribution is 0.0702. The summed E-state index contributed by atoms with van der Waals surface area (Å²) >= 11 is 1.13. The summed E-state index contributed by atoms with van der Waals surface area (Å²) in [4.78, 5) is 15.4. The summed E-state index contributed by atoms with van der Waals surface area (Å²) in [5.41, 5.74) is 3.64. The second-order valence-electron chi connectivity index (χ2n) is 5.80. The fourth-order valence-electron chi connectivity index (χ4n) is 3.33. The van der Waals surface area contributed by atoms with Gasteiger partial charge in [0.15, 0.2) is 0 Å². The van der Waals surface area contributed by atoms with Gasteiger partial charge in [0, 0.05) is 22.7 Å². The van der Waals surface area contributed by atoms with E-state index in [9.17, 15) is 10.1 Å². The maximum absolute atomic E-state index is 11.0. The fourth-order valence-corrected chi connectivity index (χ4v) is 4.07. The summed E-state index contributed by atoms with van der Waals surface area (Å²) in [6, 6.07) is 8.63. The average Bonchev–Trinajstić information content (AvgIpc) is 3.22. The van der Waals surface area contributed by atoms with Crippen molar-refractivity contribution >= 4 is 28.2 Å². The molecule has 0 saturated carbocycles. The number of fused-ring (bicyclic) bond motifs is 3. The topological polar surface area (TPSA) is 78.9 Å². The van der Waals surface area contributed by atoms with Crippen molar-refractivity contribution in [2.24, 2.45) is 0 Å². The van der Waals surface area contributed by atoms with Gasteiger partial charge in [-0.15, -0.1) is 11.3 Å². The number of aromatic nitrogens is 2. The quantitative estimate of drug-likeness (QED) is 0.777.